The Balaban J connectivity index is 1.50. The fourth-order valence-electron chi connectivity index (χ4n) is 3.07. The van der Waals surface area contributed by atoms with E-state index in [1.165, 1.54) is 41.8 Å². The smallest absolute Gasteiger partial charge is 0.352 e. The lowest BCUT2D eigenvalue weighted by Crippen LogP contribution is -2.71. The van der Waals surface area contributed by atoms with Crippen molar-refractivity contribution < 1.29 is 34.2 Å². The largest absolute Gasteiger partial charge is 0.478 e. The third kappa shape index (κ3) is 5.27. The van der Waals surface area contributed by atoms with Crippen molar-refractivity contribution in [2.75, 3.05) is 17.2 Å². The van der Waals surface area contributed by atoms with Crippen LogP contribution in [0.2, 0.25) is 0 Å². The first-order valence-corrected chi connectivity index (χ1v) is 13.5. The number of nitrogen functional groups attached to an aromatic ring is 1. The standard InChI is InChI=1S/C17H16N8O7S4/c1-5(14(28)29)32-23-7(10-21-16(18)36-24-10)11(26)20-8-12(27)25-9(15(30)31)6(2-33-13(8)25)3-34-17-22-19-4-35-17/h4-5,8,13H,2-3H2,1H3,(H,20,26)(H,28,29)(H,30,31)(H2,18,21,24)/b23-7-/t5?,8?,13-/m1/s1. The topological polar surface area (TPSA) is 223 Å². The molecule has 3 atom stereocenters. The van der Waals surface area contributed by atoms with Crippen molar-refractivity contribution in [3.05, 3.63) is 22.6 Å². The number of nitrogens with zero attached hydrogens (tertiary/aromatic N) is 6. The van der Waals surface area contributed by atoms with Crippen LogP contribution in [0, 0.1) is 0 Å². The normalized spacial score (nSPS) is 20.4. The molecule has 0 aliphatic carbocycles. The van der Waals surface area contributed by atoms with Gasteiger partial charge in [-0.3, -0.25) is 14.5 Å². The van der Waals surface area contributed by atoms with Gasteiger partial charge in [0.25, 0.3) is 11.8 Å². The number of nitrogens with one attached hydrogen (secondary N) is 1. The maximum absolute atomic E-state index is 13.0. The third-order valence-electron chi connectivity index (χ3n) is 4.76. The van der Waals surface area contributed by atoms with E-state index in [2.05, 4.69) is 30.0 Å². The second-order valence-corrected chi connectivity index (χ2v) is 11.0. The fourth-order valence-corrected chi connectivity index (χ4v) is 6.48. The molecule has 19 heteroatoms. The molecule has 2 aliphatic rings. The number of carbonyl (C=O) groups excluding carboxylic acids is 2. The van der Waals surface area contributed by atoms with E-state index in [-0.39, 0.29) is 16.7 Å². The number of nitrogens with two attached hydrogens (primary N) is 1. The monoisotopic (exact) mass is 572 g/mol. The quantitative estimate of drug-likeness (QED) is 0.124. The van der Waals surface area contributed by atoms with E-state index < -0.39 is 47.0 Å². The van der Waals surface area contributed by atoms with Gasteiger partial charge in [0.05, 0.1) is 0 Å². The number of anilines is 1. The van der Waals surface area contributed by atoms with Crippen LogP contribution in [0.1, 0.15) is 12.7 Å². The predicted molar refractivity (Wildman–Crippen MR) is 129 cm³/mol. The van der Waals surface area contributed by atoms with Crippen LogP contribution in [0.5, 0.6) is 0 Å². The Kier molecular flexibility index (Phi) is 7.71. The predicted octanol–water partition coefficient (Wildman–Crippen LogP) is -0.303. The first kappa shape index (κ1) is 25.8. The van der Waals surface area contributed by atoms with Gasteiger partial charge in [-0.15, -0.1) is 22.0 Å². The molecule has 1 fully saturated rings. The van der Waals surface area contributed by atoms with Crippen LogP contribution in [-0.4, -0.2) is 93.2 Å². The molecule has 1 saturated heterocycles. The molecular weight excluding hydrogens is 557 g/mol. The Hall–Kier alpha value is -3.29. The van der Waals surface area contributed by atoms with Crippen molar-refractivity contribution in [1.82, 2.24) is 29.8 Å². The number of β-lactam (4-membered cyclic amide) rings is 1. The van der Waals surface area contributed by atoms with E-state index in [4.69, 9.17) is 15.7 Å². The number of carboxylic acids is 2. The molecule has 0 bridgehead atoms. The molecule has 0 spiro atoms. The number of aromatic nitrogens is 4. The van der Waals surface area contributed by atoms with E-state index in [0.717, 1.165) is 16.4 Å². The van der Waals surface area contributed by atoms with Gasteiger partial charge in [0.1, 0.15) is 22.6 Å². The summed E-state index contributed by atoms with van der Waals surface area (Å²) < 4.78 is 4.56. The van der Waals surface area contributed by atoms with Crippen molar-refractivity contribution in [3.63, 3.8) is 0 Å². The van der Waals surface area contributed by atoms with E-state index in [1.54, 1.807) is 5.51 Å². The van der Waals surface area contributed by atoms with Gasteiger partial charge in [0.15, 0.2) is 9.47 Å². The van der Waals surface area contributed by atoms with Crippen LogP contribution in [0.4, 0.5) is 5.13 Å². The Labute approximate surface area is 218 Å². The minimum absolute atomic E-state index is 0.0284. The lowest BCUT2D eigenvalue weighted by atomic mass is 10.0. The van der Waals surface area contributed by atoms with Crippen LogP contribution >= 0.6 is 46.4 Å². The summed E-state index contributed by atoms with van der Waals surface area (Å²) in [7, 11) is 0. The molecule has 36 heavy (non-hydrogen) atoms. The molecule has 2 aromatic rings. The molecule has 2 unspecified atom stereocenters. The highest BCUT2D eigenvalue weighted by Gasteiger charge is 2.54. The zero-order valence-corrected chi connectivity index (χ0v) is 21.3. The van der Waals surface area contributed by atoms with Crippen molar-refractivity contribution in [2.45, 2.75) is 28.8 Å². The molecule has 0 saturated carbocycles. The summed E-state index contributed by atoms with van der Waals surface area (Å²) in [6.07, 6.45) is -1.38. The van der Waals surface area contributed by atoms with E-state index in [1.807, 2.05) is 0 Å². The van der Waals surface area contributed by atoms with Gasteiger partial charge in [0, 0.05) is 23.0 Å². The maximum Gasteiger partial charge on any atom is 0.352 e. The summed E-state index contributed by atoms with van der Waals surface area (Å²) in [5.41, 5.74) is 7.07. The number of thioether (sulfide) groups is 2. The van der Waals surface area contributed by atoms with Crippen molar-refractivity contribution in [3.8, 4) is 0 Å². The van der Waals surface area contributed by atoms with Crippen molar-refractivity contribution in [2.24, 2.45) is 5.16 Å². The summed E-state index contributed by atoms with van der Waals surface area (Å²) in [5.74, 6) is -3.70. The number of hydrogen-bond acceptors (Lipinski definition) is 15. The van der Waals surface area contributed by atoms with Gasteiger partial charge in [-0.2, -0.15) is 9.36 Å². The Morgan fingerprint density at radius 1 is 1.42 bits per heavy atom. The first-order chi connectivity index (χ1) is 17.2. The molecule has 0 radical (unpaired) electrons. The number of aliphatic carboxylic acids is 2. The SMILES string of the molecule is CC(O/N=C(\C(=O)NC1C(=O)N2C(C(=O)O)=C(CSc3nncs3)CS[C@H]12)c1nsc(N)n1)C(=O)O. The van der Waals surface area contributed by atoms with Crippen LogP contribution < -0.4 is 11.1 Å². The molecule has 15 nitrogen and oxygen atoms in total. The highest BCUT2D eigenvalue weighted by atomic mass is 32.2. The van der Waals surface area contributed by atoms with Gasteiger partial charge in [0.2, 0.25) is 17.6 Å². The number of hydrogen-bond donors (Lipinski definition) is 4. The molecule has 2 aromatic heterocycles. The number of amides is 2. The summed E-state index contributed by atoms with van der Waals surface area (Å²) in [5, 5.41) is 31.9. The highest BCUT2D eigenvalue weighted by molar-refractivity contribution is 8.01. The average molecular weight is 573 g/mol. The lowest BCUT2D eigenvalue weighted by molar-refractivity contribution is -0.150. The molecule has 2 aliphatic heterocycles. The summed E-state index contributed by atoms with van der Waals surface area (Å²) in [6.45, 7) is 1.21. The molecule has 4 rings (SSSR count). The van der Waals surface area contributed by atoms with Gasteiger partial charge in [-0.1, -0.05) is 28.3 Å². The summed E-state index contributed by atoms with van der Waals surface area (Å²) in [4.78, 5) is 58.8. The zero-order valence-electron chi connectivity index (χ0n) is 18.1. The molecule has 4 heterocycles. The molecule has 0 aromatic carbocycles. The van der Waals surface area contributed by atoms with Crippen molar-refractivity contribution in [1.29, 1.82) is 0 Å². The van der Waals surface area contributed by atoms with E-state index in [0.29, 0.717) is 21.4 Å². The van der Waals surface area contributed by atoms with Gasteiger partial charge in [-0.25, -0.2) is 9.59 Å². The van der Waals surface area contributed by atoms with Crippen LogP contribution in [0.3, 0.4) is 0 Å². The molecule has 5 N–H and O–H groups in total. The maximum atomic E-state index is 13.0. The van der Waals surface area contributed by atoms with Crippen LogP contribution in [-0.2, 0) is 24.0 Å². The van der Waals surface area contributed by atoms with Crippen molar-refractivity contribution >= 4 is 81.0 Å². The average Bonchev–Trinajstić information content (AvgIpc) is 3.52. The second kappa shape index (κ2) is 10.8. The van der Waals surface area contributed by atoms with E-state index >= 15 is 0 Å². The summed E-state index contributed by atoms with van der Waals surface area (Å²) in [6, 6.07) is -1.06. The molecular formula is C17H16N8O7S4. The minimum Gasteiger partial charge on any atom is -0.478 e. The lowest BCUT2D eigenvalue weighted by Gasteiger charge is -2.49. The van der Waals surface area contributed by atoms with Gasteiger partial charge >= 0.3 is 11.9 Å². The molecule has 190 valence electrons. The number of fused-ring (bicyclic) bond motifs is 1. The number of oxime groups is 1. The van der Waals surface area contributed by atoms with Crippen LogP contribution in [0.15, 0.2) is 26.3 Å². The highest BCUT2D eigenvalue weighted by Crippen LogP contribution is 2.41. The van der Waals surface area contributed by atoms with Crippen LogP contribution in [0.25, 0.3) is 0 Å². The Bertz CT molecular complexity index is 1260. The number of carbonyl (C=O) groups is 4. The minimum atomic E-state index is -1.38. The summed E-state index contributed by atoms with van der Waals surface area (Å²) >= 11 is 4.71. The Morgan fingerprint density at radius 3 is 2.81 bits per heavy atom. The number of carboxylic acid groups (broad SMARTS) is 2. The second-order valence-electron chi connectivity index (χ2n) is 7.09. The van der Waals surface area contributed by atoms with Gasteiger partial charge < -0.3 is 26.1 Å². The Morgan fingerprint density at radius 2 is 2.19 bits per heavy atom. The first-order valence-electron chi connectivity index (χ1n) is 9.83. The van der Waals surface area contributed by atoms with Gasteiger partial charge in [-0.05, 0) is 12.5 Å². The fraction of sp³-hybridized carbons (Fsp3) is 0.353. The zero-order chi connectivity index (χ0) is 26.0. The third-order valence-corrected chi connectivity index (χ3v) is 8.59. The molecule has 2 amide bonds. The van der Waals surface area contributed by atoms with E-state index in [9.17, 15) is 24.3 Å². The number of rotatable bonds is 10.